The second-order valence-corrected chi connectivity index (χ2v) is 5.65. The summed E-state index contributed by atoms with van der Waals surface area (Å²) in [4.78, 5) is 0.766. The van der Waals surface area contributed by atoms with Crippen LogP contribution in [0.4, 0.5) is 0 Å². The van der Waals surface area contributed by atoms with Gasteiger partial charge in [0.25, 0.3) is 0 Å². The highest BCUT2D eigenvalue weighted by Gasteiger charge is 2.13. The molecule has 7 nitrogen and oxygen atoms in total. The average Bonchev–Trinajstić information content (AvgIpc) is 3.09. The minimum Gasteiger partial charge on any atom is -0.493 e. The number of benzene rings is 1. The summed E-state index contributed by atoms with van der Waals surface area (Å²) in [5, 5.41) is 13.6. The number of nitrogens with zero attached hydrogens (tertiary/aromatic N) is 4. The van der Waals surface area contributed by atoms with E-state index in [4.69, 9.17) is 14.2 Å². The van der Waals surface area contributed by atoms with Crippen LogP contribution < -0.4 is 9.47 Å². The molecular weight excluding hydrogens is 304 g/mol. The third kappa shape index (κ3) is 2.75. The molecule has 0 saturated heterocycles. The molecular formula is C14H16N4O3S. The minimum absolute atomic E-state index is 0.390. The van der Waals surface area contributed by atoms with Crippen molar-refractivity contribution in [1.82, 2.24) is 19.8 Å². The highest BCUT2D eigenvalue weighted by molar-refractivity contribution is 7.16. The zero-order chi connectivity index (χ0) is 15.5. The lowest BCUT2D eigenvalue weighted by Crippen LogP contribution is -1.99. The first-order chi connectivity index (χ1) is 10.7. The van der Waals surface area contributed by atoms with Crippen molar-refractivity contribution in [2.45, 2.75) is 13.0 Å². The number of hydrogen-bond acceptors (Lipinski definition) is 7. The third-order valence-electron chi connectivity index (χ3n) is 3.17. The number of methoxy groups -OCH3 is 3. The van der Waals surface area contributed by atoms with Gasteiger partial charge in [0.2, 0.25) is 4.96 Å². The lowest BCUT2D eigenvalue weighted by molar-refractivity contribution is 0.176. The molecule has 0 amide bonds. The van der Waals surface area contributed by atoms with Crippen LogP contribution in [0.25, 0.3) is 4.96 Å². The van der Waals surface area contributed by atoms with Crippen LogP contribution in [-0.2, 0) is 17.8 Å². The fourth-order valence-corrected chi connectivity index (χ4v) is 3.04. The van der Waals surface area contributed by atoms with Crippen molar-refractivity contribution in [3.63, 3.8) is 0 Å². The summed E-state index contributed by atoms with van der Waals surface area (Å²) in [7, 11) is 4.87. The molecule has 0 N–H and O–H groups in total. The molecule has 0 aliphatic heterocycles. The first kappa shape index (κ1) is 14.7. The molecule has 2 aromatic heterocycles. The molecule has 0 spiro atoms. The second-order valence-electron chi connectivity index (χ2n) is 4.61. The molecule has 3 rings (SSSR count). The van der Waals surface area contributed by atoms with Gasteiger partial charge in [-0.15, -0.1) is 10.2 Å². The number of fused-ring (bicyclic) bond motifs is 1. The summed E-state index contributed by atoms with van der Waals surface area (Å²) in [5.74, 6) is 2.13. The van der Waals surface area contributed by atoms with E-state index in [1.54, 1.807) is 25.8 Å². The van der Waals surface area contributed by atoms with Crippen LogP contribution >= 0.6 is 11.3 Å². The standard InChI is InChI=1S/C14H16N4O3S/c1-19-8-12-15-16-14-18(12)17-13(22-14)7-9-4-5-10(20-2)11(6-9)21-3/h4-6H,7-8H2,1-3H3. The van der Waals surface area contributed by atoms with Crippen LogP contribution in [0.2, 0.25) is 0 Å². The predicted octanol–water partition coefficient (Wildman–Crippen LogP) is 1.94. The Morgan fingerprint density at radius 1 is 1.09 bits per heavy atom. The summed E-state index contributed by atoms with van der Waals surface area (Å²) in [5.41, 5.74) is 1.09. The van der Waals surface area contributed by atoms with E-state index in [0.29, 0.717) is 30.4 Å². The first-order valence-electron chi connectivity index (χ1n) is 6.65. The van der Waals surface area contributed by atoms with Gasteiger partial charge in [0.1, 0.15) is 11.6 Å². The molecule has 2 heterocycles. The van der Waals surface area contributed by atoms with Gasteiger partial charge in [-0.25, -0.2) is 0 Å². The van der Waals surface area contributed by atoms with Gasteiger partial charge in [-0.05, 0) is 17.7 Å². The summed E-state index contributed by atoms with van der Waals surface area (Å²) in [6.07, 6.45) is 0.695. The van der Waals surface area contributed by atoms with E-state index < -0.39 is 0 Å². The van der Waals surface area contributed by atoms with E-state index in [9.17, 15) is 0 Å². The molecule has 22 heavy (non-hydrogen) atoms. The van der Waals surface area contributed by atoms with Gasteiger partial charge in [0.15, 0.2) is 17.3 Å². The Morgan fingerprint density at radius 2 is 1.91 bits per heavy atom. The quantitative estimate of drug-likeness (QED) is 0.691. The molecule has 0 aliphatic rings. The van der Waals surface area contributed by atoms with Crippen molar-refractivity contribution in [3.8, 4) is 11.5 Å². The van der Waals surface area contributed by atoms with Crippen molar-refractivity contribution >= 4 is 16.3 Å². The fourth-order valence-electron chi connectivity index (χ4n) is 2.15. The van der Waals surface area contributed by atoms with Crippen molar-refractivity contribution in [2.24, 2.45) is 0 Å². The van der Waals surface area contributed by atoms with Crippen LogP contribution in [0.5, 0.6) is 11.5 Å². The van der Waals surface area contributed by atoms with Crippen molar-refractivity contribution in [1.29, 1.82) is 0 Å². The smallest absolute Gasteiger partial charge is 0.234 e. The van der Waals surface area contributed by atoms with E-state index >= 15 is 0 Å². The van der Waals surface area contributed by atoms with Gasteiger partial charge in [-0.3, -0.25) is 0 Å². The van der Waals surface area contributed by atoms with E-state index in [2.05, 4.69) is 15.3 Å². The lowest BCUT2D eigenvalue weighted by atomic mass is 10.1. The normalized spacial score (nSPS) is 11.0. The Morgan fingerprint density at radius 3 is 2.64 bits per heavy atom. The summed E-state index contributed by atoms with van der Waals surface area (Å²) in [6, 6.07) is 5.85. The molecule has 0 fully saturated rings. The maximum absolute atomic E-state index is 5.32. The maximum atomic E-state index is 5.32. The van der Waals surface area contributed by atoms with Crippen LogP contribution in [0.3, 0.4) is 0 Å². The van der Waals surface area contributed by atoms with Crippen LogP contribution in [0, 0.1) is 0 Å². The number of rotatable bonds is 6. The third-order valence-corrected chi connectivity index (χ3v) is 4.07. The summed E-state index contributed by atoms with van der Waals surface area (Å²) >= 11 is 1.51. The van der Waals surface area contributed by atoms with E-state index in [0.717, 1.165) is 15.5 Å². The Balaban J connectivity index is 1.86. The Labute approximate surface area is 131 Å². The van der Waals surface area contributed by atoms with Crippen LogP contribution in [0.1, 0.15) is 16.4 Å². The number of ether oxygens (including phenoxy) is 3. The van der Waals surface area contributed by atoms with Crippen LogP contribution in [-0.4, -0.2) is 41.1 Å². The summed E-state index contributed by atoms with van der Waals surface area (Å²) < 4.78 is 17.4. The number of hydrogen-bond donors (Lipinski definition) is 0. The molecule has 0 aliphatic carbocycles. The van der Waals surface area contributed by atoms with Gasteiger partial charge in [-0.2, -0.15) is 9.61 Å². The summed E-state index contributed by atoms with van der Waals surface area (Å²) in [6.45, 7) is 0.390. The predicted molar refractivity (Wildman–Crippen MR) is 81.7 cm³/mol. The Hall–Kier alpha value is -2.19. The minimum atomic E-state index is 0.390. The van der Waals surface area contributed by atoms with Gasteiger partial charge in [0.05, 0.1) is 14.2 Å². The monoisotopic (exact) mass is 320 g/mol. The average molecular weight is 320 g/mol. The molecule has 116 valence electrons. The highest BCUT2D eigenvalue weighted by Crippen LogP contribution is 2.29. The zero-order valence-electron chi connectivity index (χ0n) is 12.6. The first-order valence-corrected chi connectivity index (χ1v) is 7.46. The molecule has 0 saturated carbocycles. The number of aromatic nitrogens is 4. The van der Waals surface area contributed by atoms with Gasteiger partial charge in [-0.1, -0.05) is 17.4 Å². The van der Waals surface area contributed by atoms with Crippen LogP contribution in [0.15, 0.2) is 18.2 Å². The van der Waals surface area contributed by atoms with Crippen molar-refractivity contribution in [2.75, 3.05) is 21.3 Å². The molecule has 0 atom stereocenters. The SMILES string of the molecule is COCc1nnc2sc(Cc3ccc(OC)c(OC)c3)nn12. The topological polar surface area (TPSA) is 70.8 Å². The van der Waals surface area contributed by atoms with Crippen molar-refractivity contribution < 1.29 is 14.2 Å². The van der Waals surface area contributed by atoms with E-state index in [1.165, 1.54) is 11.3 Å². The largest absolute Gasteiger partial charge is 0.493 e. The maximum Gasteiger partial charge on any atom is 0.234 e. The Kier molecular flexibility index (Phi) is 4.21. The fraction of sp³-hybridized carbons (Fsp3) is 0.357. The molecule has 3 aromatic rings. The second kappa shape index (κ2) is 6.29. The molecule has 8 heteroatoms. The lowest BCUT2D eigenvalue weighted by Gasteiger charge is -2.08. The zero-order valence-corrected chi connectivity index (χ0v) is 13.4. The van der Waals surface area contributed by atoms with E-state index in [-0.39, 0.29) is 0 Å². The highest BCUT2D eigenvalue weighted by atomic mass is 32.1. The Bertz CT molecular complexity index is 784. The van der Waals surface area contributed by atoms with Crippen molar-refractivity contribution in [3.05, 3.63) is 34.6 Å². The molecule has 0 bridgehead atoms. The van der Waals surface area contributed by atoms with Gasteiger partial charge in [0, 0.05) is 13.5 Å². The van der Waals surface area contributed by atoms with Gasteiger partial charge < -0.3 is 14.2 Å². The van der Waals surface area contributed by atoms with E-state index in [1.807, 2.05) is 18.2 Å². The van der Waals surface area contributed by atoms with Gasteiger partial charge >= 0.3 is 0 Å². The molecule has 0 radical (unpaired) electrons. The molecule has 0 unspecified atom stereocenters. The molecule has 1 aromatic carbocycles.